The molecule has 4 nitrogen and oxygen atoms in total. The van der Waals surface area contributed by atoms with Crippen LogP contribution in [0.2, 0.25) is 5.02 Å². The van der Waals surface area contributed by atoms with Crippen LogP contribution in [0.4, 0.5) is 4.39 Å². The Hall–Kier alpha value is -1.71. The first-order chi connectivity index (χ1) is 12.0. The van der Waals surface area contributed by atoms with Crippen molar-refractivity contribution in [2.75, 3.05) is 11.5 Å². The van der Waals surface area contributed by atoms with Crippen LogP contribution in [0.5, 0.6) is 0 Å². The first-order valence-electron chi connectivity index (χ1n) is 8.23. The molecule has 0 aliphatic carbocycles. The van der Waals surface area contributed by atoms with E-state index < -0.39 is 11.9 Å². The highest BCUT2D eigenvalue weighted by atomic mass is 35.5. The smallest absolute Gasteiger partial charge is 0.223 e. The first kappa shape index (κ1) is 18.1. The Morgan fingerprint density at radius 3 is 2.76 bits per heavy atom. The minimum Gasteiger partial charge on any atom is -0.328 e. The van der Waals surface area contributed by atoms with Gasteiger partial charge in [0.05, 0.1) is 11.1 Å². The van der Waals surface area contributed by atoms with Crippen LogP contribution in [0.1, 0.15) is 31.2 Å². The Bertz CT molecular complexity index is 795. The van der Waals surface area contributed by atoms with E-state index in [0.717, 1.165) is 24.3 Å². The molecule has 0 aromatic heterocycles. The largest absolute Gasteiger partial charge is 0.328 e. The lowest BCUT2D eigenvalue weighted by atomic mass is 10.1. The number of nitriles is 1. The number of hydrogen-bond acceptors (Lipinski definition) is 3. The summed E-state index contributed by atoms with van der Waals surface area (Å²) in [4.78, 5) is 26.9. The zero-order valence-corrected chi connectivity index (χ0v) is 15.2. The van der Waals surface area contributed by atoms with Crippen LogP contribution in [-0.4, -0.2) is 39.0 Å². The lowest BCUT2D eigenvalue weighted by Gasteiger charge is -2.24. The zero-order chi connectivity index (χ0) is 18.0. The highest BCUT2D eigenvalue weighted by molar-refractivity contribution is 8.17. The highest BCUT2D eigenvalue weighted by Gasteiger charge is 2.38. The van der Waals surface area contributed by atoms with E-state index in [9.17, 15) is 19.2 Å². The van der Waals surface area contributed by atoms with Gasteiger partial charge in [-0.2, -0.15) is 15.7 Å². The molecule has 0 spiro atoms. The number of hydrogen-bond donors (Lipinski definition) is 0. The molecule has 2 heterocycles. The number of benzene rings is 1. The highest BCUT2D eigenvalue weighted by Crippen LogP contribution is 2.30. The quantitative estimate of drug-likeness (QED) is 0.753. The maximum atomic E-state index is 13.6. The molecule has 7 heteroatoms. The van der Waals surface area contributed by atoms with Gasteiger partial charge in [0.2, 0.25) is 11.7 Å². The van der Waals surface area contributed by atoms with Gasteiger partial charge < -0.3 is 4.90 Å². The van der Waals surface area contributed by atoms with Crippen molar-refractivity contribution in [1.82, 2.24) is 4.90 Å². The molecule has 0 radical (unpaired) electrons. The molecule has 1 amide bonds. The third-order valence-corrected chi connectivity index (χ3v) is 7.35. The third-order valence-electron chi connectivity index (χ3n) is 4.61. The van der Waals surface area contributed by atoms with E-state index in [0.29, 0.717) is 16.8 Å². The van der Waals surface area contributed by atoms with Crippen molar-refractivity contribution < 1.29 is 14.0 Å². The summed E-state index contributed by atoms with van der Waals surface area (Å²) in [6.07, 6.45) is 2.77. The predicted molar refractivity (Wildman–Crippen MR) is 97.2 cm³/mol. The van der Waals surface area contributed by atoms with Gasteiger partial charge in [-0.1, -0.05) is 17.7 Å². The van der Waals surface area contributed by atoms with E-state index in [1.807, 2.05) is 0 Å². The number of amides is 1. The molecule has 1 unspecified atom stereocenters. The van der Waals surface area contributed by atoms with Gasteiger partial charge in [0.25, 0.3) is 0 Å². The number of nitrogens with zero attached hydrogens (tertiary/aromatic N) is 2. The van der Waals surface area contributed by atoms with Gasteiger partial charge in [0.15, 0.2) is 0 Å². The van der Waals surface area contributed by atoms with E-state index in [2.05, 4.69) is 6.07 Å². The molecule has 2 aliphatic rings. The molecule has 25 heavy (non-hydrogen) atoms. The Kier molecular flexibility index (Phi) is 5.55. The molecule has 2 saturated heterocycles. The fourth-order valence-corrected chi connectivity index (χ4v) is 5.70. The zero-order valence-electron chi connectivity index (χ0n) is 13.6. The van der Waals surface area contributed by atoms with Crippen LogP contribution in [0.15, 0.2) is 18.2 Å². The summed E-state index contributed by atoms with van der Waals surface area (Å²) in [5.74, 6) is 0.856. The van der Waals surface area contributed by atoms with Crippen LogP contribution in [0, 0.1) is 17.1 Å². The lowest BCUT2D eigenvalue weighted by molar-refractivity contribution is -0.132. The molecule has 3 rings (SSSR count). The fourth-order valence-electron chi connectivity index (χ4n) is 3.31. The number of halogens is 2. The average molecular weight is 381 g/mol. The van der Waals surface area contributed by atoms with E-state index in [4.69, 9.17) is 11.6 Å². The van der Waals surface area contributed by atoms with Gasteiger partial charge in [-0.25, -0.2) is 4.39 Å². The van der Waals surface area contributed by atoms with Gasteiger partial charge in [-0.15, -0.1) is 0 Å². The van der Waals surface area contributed by atoms with Crippen molar-refractivity contribution in [3.63, 3.8) is 0 Å². The molecular weight excluding hydrogens is 363 g/mol. The summed E-state index contributed by atoms with van der Waals surface area (Å²) in [6, 6.07) is 5.85. The van der Waals surface area contributed by atoms with Crippen molar-refractivity contribution >= 4 is 38.6 Å². The van der Waals surface area contributed by atoms with Crippen molar-refractivity contribution in [2.24, 2.45) is 0 Å². The number of carbonyl (C=O) groups excluding carboxylic acids is 2. The van der Waals surface area contributed by atoms with Crippen LogP contribution in [0.3, 0.4) is 0 Å². The van der Waals surface area contributed by atoms with E-state index >= 15 is 0 Å². The number of Topliss-reactive ketones (excluding diaryl/α,β-unsaturated/α-hetero) is 1. The summed E-state index contributed by atoms with van der Waals surface area (Å²) in [6.45, 7) is 0.149. The molecule has 1 aromatic carbocycles. The van der Waals surface area contributed by atoms with Gasteiger partial charge >= 0.3 is 0 Å². The van der Waals surface area contributed by atoms with Crippen molar-refractivity contribution in [1.29, 1.82) is 5.26 Å². The van der Waals surface area contributed by atoms with E-state index in [-0.39, 0.29) is 40.2 Å². The minimum absolute atomic E-state index is 0.0201. The Morgan fingerprint density at radius 1 is 1.40 bits per heavy atom. The van der Waals surface area contributed by atoms with Crippen LogP contribution in [0.25, 0.3) is 0 Å². The Balaban J connectivity index is 1.84. The molecular formula is C18H18ClFN2O2S. The second-order valence-corrected chi connectivity index (χ2v) is 8.86. The predicted octanol–water partition coefficient (Wildman–Crippen LogP) is 3.30. The summed E-state index contributed by atoms with van der Waals surface area (Å²) in [5, 5.41) is 9.48. The third kappa shape index (κ3) is 3.78. The number of ketones is 1. The summed E-state index contributed by atoms with van der Waals surface area (Å²) in [7, 11) is -0.280. The van der Waals surface area contributed by atoms with E-state index in [1.165, 1.54) is 17.0 Å². The van der Waals surface area contributed by atoms with Gasteiger partial charge in [0, 0.05) is 13.0 Å². The van der Waals surface area contributed by atoms with E-state index in [1.54, 1.807) is 6.07 Å². The number of carbonyl (C=O) groups is 2. The number of rotatable bonds is 4. The van der Waals surface area contributed by atoms with Crippen molar-refractivity contribution in [3.8, 4) is 6.07 Å². The van der Waals surface area contributed by atoms with Gasteiger partial charge in [-0.05, 0) is 48.5 Å². The minimum atomic E-state index is -0.617. The standard InChI is InChI=1S/C18H18ClFN2O2S/c19-13-4-3-12(9-14(13)20)11-22-15(5-6-17(22)23)18(24)16(10-21)25-7-1-2-8-25/h3-4,9,15H,1-2,5-8,11H2. The number of likely N-dealkylation sites (tertiary alicyclic amines) is 1. The molecule has 0 saturated carbocycles. The normalized spacial score (nSPS) is 20.8. The van der Waals surface area contributed by atoms with Gasteiger partial charge in [0.1, 0.15) is 16.8 Å². The molecule has 2 aliphatic heterocycles. The van der Waals surface area contributed by atoms with Gasteiger partial charge in [-0.3, -0.25) is 9.59 Å². The van der Waals surface area contributed by atoms with Crippen LogP contribution >= 0.6 is 22.1 Å². The van der Waals surface area contributed by atoms with Crippen molar-refractivity contribution in [3.05, 3.63) is 34.6 Å². The molecule has 132 valence electrons. The first-order valence-corrected chi connectivity index (χ1v) is 10.2. The monoisotopic (exact) mass is 380 g/mol. The molecule has 0 bridgehead atoms. The second-order valence-electron chi connectivity index (χ2n) is 6.24. The Morgan fingerprint density at radius 2 is 2.12 bits per heavy atom. The average Bonchev–Trinajstić information content (AvgIpc) is 3.23. The molecule has 0 N–H and O–H groups in total. The summed E-state index contributed by atoms with van der Waals surface area (Å²) < 4.78 is 13.6. The summed E-state index contributed by atoms with van der Waals surface area (Å²) in [5.41, 5.74) is 0.580. The molecule has 1 aromatic rings. The summed E-state index contributed by atoms with van der Waals surface area (Å²) >= 11 is 5.69. The fraction of sp³-hybridized carbons (Fsp3) is 0.444. The SMILES string of the molecule is N#CC(C(=O)C1CCC(=O)N1Cc1ccc(Cl)c(F)c1)=S1CCCC1. The molecule has 1 atom stereocenters. The Labute approximate surface area is 153 Å². The lowest BCUT2D eigenvalue weighted by Crippen LogP contribution is -2.41. The topological polar surface area (TPSA) is 61.2 Å². The maximum absolute atomic E-state index is 13.6. The molecule has 2 fully saturated rings. The van der Waals surface area contributed by atoms with Crippen molar-refractivity contribution in [2.45, 2.75) is 38.3 Å². The second kappa shape index (κ2) is 7.67. The van der Waals surface area contributed by atoms with Crippen LogP contribution < -0.4 is 0 Å². The van der Waals surface area contributed by atoms with Crippen LogP contribution in [-0.2, 0) is 16.1 Å². The maximum Gasteiger partial charge on any atom is 0.223 e.